The van der Waals surface area contributed by atoms with Crippen molar-refractivity contribution in [2.75, 3.05) is 38.7 Å². The van der Waals surface area contributed by atoms with Crippen LogP contribution in [0.3, 0.4) is 0 Å². The molecule has 1 amide bonds. The van der Waals surface area contributed by atoms with Gasteiger partial charge in [0.25, 0.3) is 5.91 Å². The Kier molecular flexibility index (Phi) is 4.57. The zero-order valence-corrected chi connectivity index (χ0v) is 11.4. The quantitative estimate of drug-likeness (QED) is 0.851. The average molecular weight is 286 g/mol. The van der Waals surface area contributed by atoms with Gasteiger partial charge < -0.3 is 20.1 Å². The summed E-state index contributed by atoms with van der Waals surface area (Å²) in [7, 11) is 1.71. The number of pyridine rings is 1. The summed E-state index contributed by atoms with van der Waals surface area (Å²) in [5.74, 6) is 0.382. The molecule has 0 bridgehead atoms. The first-order valence-electron chi connectivity index (χ1n) is 6.00. The molecule has 1 saturated heterocycles. The van der Waals surface area contributed by atoms with Gasteiger partial charge in [0.15, 0.2) is 0 Å². The maximum absolute atomic E-state index is 12.3. The standard InChI is InChI=1S/C12H16ClN3O3/c1-14-11-10(13)4-8(5-15-11)12(18)16-2-3-19-9(6-16)7-17/h4-5,9,17H,2-3,6-7H2,1H3,(H,14,15). The molecule has 0 spiro atoms. The minimum absolute atomic E-state index is 0.0958. The van der Waals surface area contributed by atoms with Crippen molar-refractivity contribution in [3.05, 3.63) is 22.8 Å². The molecule has 0 saturated carbocycles. The molecule has 0 aliphatic carbocycles. The van der Waals surface area contributed by atoms with Crippen LogP contribution in [0.1, 0.15) is 10.4 Å². The lowest BCUT2D eigenvalue weighted by molar-refractivity contribution is -0.0447. The van der Waals surface area contributed by atoms with Crippen LogP contribution in [0, 0.1) is 0 Å². The third-order valence-electron chi connectivity index (χ3n) is 2.95. The van der Waals surface area contributed by atoms with Crippen molar-refractivity contribution in [3.63, 3.8) is 0 Å². The number of anilines is 1. The van der Waals surface area contributed by atoms with Crippen molar-refractivity contribution in [2.45, 2.75) is 6.10 Å². The number of aliphatic hydroxyl groups is 1. The van der Waals surface area contributed by atoms with E-state index < -0.39 is 0 Å². The first kappa shape index (κ1) is 14.0. The first-order valence-corrected chi connectivity index (χ1v) is 6.38. The molecule has 2 heterocycles. The number of amides is 1. The van der Waals surface area contributed by atoms with Crippen LogP contribution in [-0.2, 0) is 4.74 Å². The van der Waals surface area contributed by atoms with E-state index in [2.05, 4.69) is 10.3 Å². The number of hydrogen-bond acceptors (Lipinski definition) is 5. The molecular weight excluding hydrogens is 270 g/mol. The summed E-state index contributed by atoms with van der Waals surface area (Å²) in [5, 5.41) is 12.3. The van der Waals surface area contributed by atoms with Gasteiger partial charge in [-0.25, -0.2) is 4.98 Å². The van der Waals surface area contributed by atoms with Gasteiger partial charge >= 0.3 is 0 Å². The molecule has 1 atom stereocenters. The number of carbonyl (C=O) groups excluding carboxylic acids is 1. The third-order valence-corrected chi connectivity index (χ3v) is 3.24. The summed E-state index contributed by atoms with van der Waals surface area (Å²) in [5.41, 5.74) is 0.433. The molecule has 1 aliphatic rings. The van der Waals surface area contributed by atoms with Gasteiger partial charge in [-0.2, -0.15) is 0 Å². The van der Waals surface area contributed by atoms with E-state index >= 15 is 0 Å². The maximum atomic E-state index is 12.3. The largest absolute Gasteiger partial charge is 0.394 e. The molecule has 6 nitrogen and oxygen atoms in total. The SMILES string of the molecule is CNc1ncc(C(=O)N2CCOC(CO)C2)cc1Cl. The Morgan fingerprint density at radius 2 is 2.53 bits per heavy atom. The van der Waals surface area contributed by atoms with Gasteiger partial charge in [-0.05, 0) is 6.07 Å². The Hall–Kier alpha value is -1.37. The fourth-order valence-corrected chi connectivity index (χ4v) is 2.20. The summed E-state index contributed by atoms with van der Waals surface area (Å²) in [6.45, 7) is 1.20. The predicted octanol–water partition coefficient (Wildman–Crippen LogP) is 0.610. The van der Waals surface area contributed by atoms with Crippen molar-refractivity contribution in [3.8, 4) is 0 Å². The number of morpholine rings is 1. The predicted molar refractivity (Wildman–Crippen MR) is 71.5 cm³/mol. The first-order chi connectivity index (χ1) is 9.15. The smallest absolute Gasteiger partial charge is 0.255 e. The van der Waals surface area contributed by atoms with Gasteiger partial charge in [-0.3, -0.25) is 4.79 Å². The van der Waals surface area contributed by atoms with Gasteiger partial charge in [-0.15, -0.1) is 0 Å². The molecule has 1 aliphatic heterocycles. The van der Waals surface area contributed by atoms with Gasteiger partial charge in [0.1, 0.15) is 5.82 Å². The molecule has 0 radical (unpaired) electrons. The second-order valence-electron chi connectivity index (χ2n) is 4.23. The molecule has 0 aromatic carbocycles. The van der Waals surface area contributed by atoms with E-state index in [-0.39, 0.29) is 18.6 Å². The van der Waals surface area contributed by atoms with Crippen molar-refractivity contribution in [2.24, 2.45) is 0 Å². The van der Waals surface area contributed by atoms with Crippen LogP contribution in [0.25, 0.3) is 0 Å². The molecule has 1 unspecified atom stereocenters. The maximum Gasteiger partial charge on any atom is 0.255 e. The fraction of sp³-hybridized carbons (Fsp3) is 0.500. The van der Waals surface area contributed by atoms with Crippen LogP contribution >= 0.6 is 11.6 Å². The molecule has 1 aromatic rings. The van der Waals surface area contributed by atoms with E-state index in [0.717, 1.165) is 0 Å². The number of rotatable bonds is 3. The van der Waals surface area contributed by atoms with Gasteiger partial charge in [0.05, 0.1) is 29.9 Å². The molecule has 2 N–H and O–H groups in total. The van der Waals surface area contributed by atoms with Crippen molar-refractivity contribution < 1.29 is 14.6 Å². The second kappa shape index (κ2) is 6.18. The summed E-state index contributed by atoms with van der Waals surface area (Å²) < 4.78 is 5.31. The van der Waals surface area contributed by atoms with Crippen molar-refractivity contribution in [1.82, 2.24) is 9.88 Å². The van der Waals surface area contributed by atoms with Crippen molar-refractivity contribution >= 4 is 23.3 Å². The van der Waals surface area contributed by atoms with Gasteiger partial charge in [0, 0.05) is 26.3 Å². The molecule has 2 rings (SSSR count). The van der Waals surface area contributed by atoms with Crippen LogP contribution in [0.2, 0.25) is 5.02 Å². The number of nitrogens with zero attached hydrogens (tertiary/aromatic N) is 2. The molecule has 7 heteroatoms. The van der Waals surface area contributed by atoms with E-state index in [9.17, 15) is 4.79 Å². The van der Waals surface area contributed by atoms with Crippen LogP contribution in [-0.4, -0.2) is 60.4 Å². The van der Waals surface area contributed by atoms with Crippen LogP contribution in [0.5, 0.6) is 0 Å². The Morgan fingerprint density at radius 1 is 1.74 bits per heavy atom. The van der Waals surface area contributed by atoms with Crippen LogP contribution in [0.4, 0.5) is 5.82 Å². The summed E-state index contributed by atoms with van der Waals surface area (Å²) in [6.07, 6.45) is 1.17. The Morgan fingerprint density at radius 3 is 3.16 bits per heavy atom. The Bertz CT molecular complexity index is 470. The van der Waals surface area contributed by atoms with Gasteiger partial charge in [0.2, 0.25) is 0 Å². The van der Waals surface area contributed by atoms with E-state index in [1.807, 2.05) is 0 Å². The van der Waals surface area contributed by atoms with E-state index in [4.69, 9.17) is 21.4 Å². The minimum Gasteiger partial charge on any atom is -0.394 e. The average Bonchev–Trinajstić information content (AvgIpc) is 2.46. The third kappa shape index (κ3) is 3.15. The Balaban J connectivity index is 2.12. The number of ether oxygens (including phenoxy) is 1. The highest BCUT2D eigenvalue weighted by Gasteiger charge is 2.25. The highest BCUT2D eigenvalue weighted by atomic mass is 35.5. The number of hydrogen-bond donors (Lipinski definition) is 2. The van der Waals surface area contributed by atoms with Crippen LogP contribution < -0.4 is 5.32 Å². The normalized spacial score (nSPS) is 19.3. The van der Waals surface area contributed by atoms with E-state index in [0.29, 0.717) is 36.1 Å². The monoisotopic (exact) mass is 285 g/mol. The topological polar surface area (TPSA) is 74.7 Å². The van der Waals surface area contributed by atoms with E-state index in [1.54, 1.807) is 18.0 Å². The van der Waals surface area contributed by atoms with Crippen LogP contribution in [0.15, 0.2) is 12.3 Å². The zero-order valence-electron chi connectivity index (χ0n) is 10.6. The molecular formula is C12H16ClN3O3. The fourth-order valence-electron chi connectivity index (χ4n) is 1.94. The highest BCUT2D eigenvalue weighted by Crippen LogP contribution is 2.20. The number of aliphatic hydroxyl groups excluding tert-OH is 1. The van der Waals surface area contributed by atoms with Gasteiger partial charge in [-0.1, -0.05) is 11.6 Å². The molecule has 1 aromatic heterocycles. The zero-order chi connectivity index (χ0) is 13.8. The molecule has 19 heavy (non-hydrogen) atoms. The lowest BCUT2D eigenvalue weighted by Crippen LogP contribution is -2.46. The van der Waals surface area contributed by atoms with Crippen molar-refractivity contribution in [1.29, 1.82) is 0 Å². The summed E-state index contributed by atoms with van der Waals surface area (Å²) in [4.78, 5) is 18.0. The summed E-state index contributed by atoms with van der Waals surface area (Å²) >= 11 is 6.01. The van der Waals surface area contributed by atoms with E-state index in [1.165, 1.54) is 6.20 Å². The molecule has 1 fully saturated rings. The number of halogens is 1. The lowest BCUT2D eigenvalue weighted by atomic mass is 10.2. The lowest BCUT2D eigenvalue weighted by Gasteiger charge is -2.32. The minimum atomic E-state index is -0.322. The number of nitrogens with one attached hydrogen (secondary N) is 1. The highest BCUT2D eigenvalue weighted by molar-refractivity contribution is 6.33. The second-order valence-corrected chi connectivity index (χ2v) is 4.64. The Labute approximate surface area is 116 Å². The summed E-state index contributed by atoms with van der Waals surface area (Å²) in [6, 6.07) is 1.59. The molecule has 104 valence electrons. The number of carbonyl (C=O) groups is 1. The number of aromatic nitrogens is 1.